The Morgan fingerprint density at radius 3 is 1.91 bits per heavy atom. The molecule has 1 aromatic carbocycles. The van der Waals surface area contributed by atoms with E-state index in [9.17, 15) is 31.4 Å². The zero-order valence-electron chi connectivity index (χ0n) is 10.7. The molecule has 0 fully saturated rings. The maximum absolute atomic E-state index is 12.8. The van der Waals surface area contributed by atoms with Crippen LogP contribution in [-0.4, -0.2) is 27.2 Å². The van der Waals surface area contributed by atoms with Gasteiger partial charge in [0.15, 0.2) is 0 Å². The summed E-state index contributed by atoms with van der Waals surface area (Å²) in [6.45, 7) is 0. The highest BCUT2D eigenvalue weighted by molar-refractivity contribution is 5.50. The van der Waals surface area contributed by atoms with Crippen molar-refractivity contribution in [3.05, 3.63) is 42.1 Å². The van der Waals surface area contributed by atoms with Gasteiger partial charge in [0.1, 0.15) is 5.82 Å². The lowest BCUT2D eigenvalue weighted by Gasteiger charge is -2.31. The van der Waals surface area contributed by atoms with Gasteiger partial charge in [-0.2, -0.15) is 31.4 Å². The van der Waals surface area contributed by atoms with E-state index in [1.807, 2.05) is 0 Å². The Labute approximate surface area is 119 Å². The Morgan fingerprint density at radius 1 is 0.955 bits per heavy atom. The molecule has 0 atom stereocenters. The second kappa shape index (κ2) is 4.90. The van der Waals surface area contributed by atoms with Gasteiger partial charge in [-0.3, -0.25) is 0 Å². The summed E-state index contributed by atoms with van der Waals surface area (Å²) >= 11 is 0. The van der Waals surface area contributed by atoms with Crippen LogP contribution in [0.1, 0.15) is 5.56 Å². The van der Waals surface area contributed by atoms with Gasteiger partial charge in [0.05, 0.1) is 17.4 Å². The van der Waals surface area contributed by atoms with Crippen molar-refractivity contribution in [1.82, 2.24) is 9.78 Å². The zero-order valence-corrected chi connectivity index (χ0v) is 10.7. The number of hydrogen-bond donors (Lipinski definition) is 2. The second-order valence-corrected chi connectivity index (χ2v) is 4.40. The lowest BCUT2D eigenvalue weighted by atomic mass is 9.94. The molecular weight excluding hydrogens is 316 g/mol. The second-order valence-electron chi connectivity index (χ2n) is 4.40. The molecule has 4 nitrogen and oxygen atoms in total. The zero-order chi connectivity index (χ0) is 16.8. The first kappa shape index (κ1) is 16.1. The first-order valence-corrected chi connectivity index (χ1v) is 5.75. The number of nitrogens with two attached hydrogens (primary N) is 1. The maximum Gasteiger partial charge on any atom is 0.430 e. The van der Waals surface area contributed by atoms with Crippen molar-refractivity contribution in [3.63, 3.8) is 0 Å². The average molecular weight is 325 g/mol. The molecular formula is C12H9F6N3O. The van der Waals surface area contributed by atoms with Crippen LogP contribution in [-0.2, 0) is 5.60 Å². The highest BCUT2D eigenvalue weighted by Crippen LogP contribution is 2.51. The molecule has 0 saturated carbocycles. The molecule has 0 aliphatic rings. The number of aliphatic hydroxyl groups is 1. The summed E-state index contributed by atoms with van der Waals surface area (Å²) < 4.78 is 77.6. The molecule has 0 aliphatic heterocycles. The molecule has 0 saturated heterocycles. The minimum Gasteiger partial charge on any atom is -0.383 e. The third-order valence-corrected chi connectivity index (χ3v) is 3.02. The molecule has 120 valence electrons. The number of aromatic nitrogens is 2. The highest BCUT2D eigenvalue weighted by atomic mass is 19.4. The van der Waals surface area contributed by atoms with E-state index in [-0.39, 0.29) is 11.9 Å². The number of rotatable bonds is 2. The van der Waals surface area contributed by atoms with Gasteiger partial charge in [-0.15, -0.1) is 0 Å². The molecule has 0 bridgehead atoms. The summed E-state index contributed by atoms with van der Waals surface area (Å²) in [6.07, 6.45) is -11.8. The Morgan fingerprint density at radius 2 is 1.45 bits per heavy atom. The van der Waals surface area contributed by atoms with Gasteiger partial charge in [0, 0.05) is 0 Å². The van der Waals surface area contributed by atoms with Crippen molar-refractivity contribution in [2.75, 3.05) is 5.73 Å². The predicted molar refractivity (Wildman–Crippen MR) is 64.0 cm³/mol. The van der Waals surface area contributed by atoms with Crippen LogP contribution in [0.25, 0.3) is 5.69 Å². The molecule has 10 heteroatoms. The van der Waals surface area contributed by atoms with Gasteiger partial charge >= 0.3 is 12.4 Å². The summed E-state index contributed by atoms with van der Waals surface area (Å²) in [7, 11) is 0. The van der Waals surface area contributed by atoms with Crippen molar-refractivity contribution in [2.24, 2.45) is 0 Å². The molecule has 3 N–H and O–H groups in total. The fourth-order valence-electron chi connectivity index (χ4n) is 1.88. The first-order chi connectivity index (χ1) is 10.00. The van der Waals surface area contributed by atoms with Crippen LogP contribution in [0.5, 0.6) is 0 Å². The van der Waals surface area contributed by atoms with Crippen LogP contribution in [0.4, 0.5) is 32.2 Å². The van der Waals surface area contributed by atoms with Crippen LogP contribution >= 0.6 is 0 Å². The van der Waals surface area contributed by atoms with Gasteiger partial charge < -0.3 is 10.8 Å². The Kier molecular flexibility index (Phi) is 3.60. The van der Waals surface area contributed by atoms with Crippen molar-refractivity contribution in [1.29, 1.82) is 0 Å². The number of alkyl halides is 6. The normalized spacial score (nSPS) is 13.4. The summed E-state index contributed by atoms with van der Waals surface area (Å²) in [5.41, 5.74) is -1.17. The number of halogens is 6. The van der Waals surface area contributed by atoms with Crippen LogP contribution < -0.4 is 5.73 Å². The predicted octanol–water partition coefficient (Wildman–Crippen LogP) is 2.77. The summed E-state index contributed by atoms with van der Waals surface area (Å²) in [4.78, 5) is 0. The molecule has 22 heavy (non-hydrogen) atoms. The van der Waals surface area contributed by atoms with Gasteiger partial charge in [-0.05, 0) is 12.1 Å². The summed E-state index contributed by atoms with van der Waals surface area (Å²) in [5.74, 6) is -0.955. The molecule has 0 unspecified atom stereocenters. The van der Waals surface area contributed by atoms with Gasteiger partial charge in [-0.1, -0.05) is 18.2 Å². The monoisotopic (exact) mass is 325 g/mol. The number of benzene rings is 1. The topological polar surface area (TPSA) is 64.1 Å². The van der Waals surface area contributed by atoms with Gasteiger partial charge in [0.25, 0.3) is 5.60 Å². The molecule has 2 rings (SSSR count). The van der Waals surface area contributed by atoms with Crippen LogP contribution in [0, 0.1) is 0 Å². The number of hydrogen-bond acceptors (Lipinski definition) is 3. The van der Waals surface area contributed by atoms with E-state index in [2.05, 4.69) is 5.10 Å². The number of nitrogen functional groups attached to an aromatic ring is 1. The van der Waals surface area contributed by atoms with Crippen LogP contribution in [0.15, 0.2) is 36.5 Å². The largest absolute Gasteiger partial charge is 0.430 e. The van der Waals surface area contributed by atoms with Crippen molar-refractivity contribution < 1.29 is 31.4 Å². The molecule has 2 aromatic rings. The Balaban J connectivity index is 2.65. The Bertz CT molecular complexity index is 648. The van der Waals surface area contributed by atoms with E-state index in [0.717, 1.165) is 0 Å². The molecule has 1 aromatic heterocycles. The number of para-hydroxylation sites is 1. The SMILES string of the molecule is Nc1c(C(O)(C(F)(F)F)C(F)(F)F)cnn1-c1ccccc1. The van der Waals surface area contributed by atoms with Crippen molar-refractivity contribution in [2.45, 2.75) is 18.0 Å². The van der Waals surface area contributed by atoms with Crippen molar-refractivity contribution in [3.8, 4) is 5.69 Å². The van der Waals surface area contributed by atoms with Crippen LogP contribution in [0.3, 0.4) is 0 Å². The fourth-order valence-corrected chi connectivity index (χ4v) is 1.88. The van der Waals surface area contributed by atoms with E-state index in [0.29, 0.717) is 4.68 Å². The summed E-state index contributed by atoms with van der Waals surface area (Å²) in [5, 5.41) is 12.7. The van der Waals surface area contributed by atoms with E-state index in [4.69, 9.17) is 5.73 Å². The lowest BCUT2D eigenvalue weighted by molar-refractivity contribution is -0.376. The molecule has 0 amide bonds. The smallest absolute Gasteiger partial charge is 0.383 e. The molecule has 0 spiro atoms. The third-order valence-electron chi connectivity index (χ3n) is 3.02. The lowest BCUT2D eigenvalue weighted by Crippen LogP contribution is -2.54. The van der Waals surface area contributed by atoms with E-state index in [1.165, 1.54) is 24.3 Å². The van der Waals surface area contributed by atoms with Gasteiger partial charge in [-0.25, -0.2) is 4.68 Å². The Hall–Kier alpha value is -2.23. The quantitative estimate of drug-likeness (QED) is 0.835. The van der Waals surface area contributed by atoms with Gasteiger partial charge in [0.2, 0.25) is 0 Å². The minimum atomic E-state index is -6.01. The average Bonchev–Trinajstić information content (AvgIpc) is 2.78. The first-order valence-electron chi connectivity index (χ1n) is 5.75. The minimum absolute atomic E-state index is 0.151. The van der Waals surface area contributed by atoms with Crippen molar-refractivity contribution >= 4 is 5.82 Å². The molecule has 1 heterocycles. The third kappa shape index (κ3) is 2.28. The molecule has 0 radical (unpaired) electrons. The van der Waals surface area contributed by atoms with E-state index in [1.54, 1.807) is 6.07 Å². The highest BCUT2D eigenvalue weighted by Gasteiger charge is 2.72. The van der Waals surface area contributed by atoms with E-state index < -0.39 is 29.3 Å². The molecule has 0 aliphatic carbocycles. The van der Waals surface area contributed by atoms with E-state index >= 15 is 0 Å². The van der Waals surface area contributed by atoms with Crippen LogP contribution in [0.2, 0.25) is 0 Å². The number of nitrogens with zero attached hydrogens (tertiary/aromatic N) is 2. The standard InChI is InChI=1S/C12H9F6N3O/c13-11(14,15)10(22,12(16,17)18)8-6-20-21(9(8)19)7-4-2-1-3-5-7/h1-6,22H,19H2. The number of anilines is 1. The maximum atomic E-state index is 12.8. The fraction of sp³-hybridized carbons (Fsp3) is 0.250. The summed E-state index contributed by atoms with van der Waals surface area (Å²) in [6, 6.07) is 7.35.